The molecule has 0 aliphatic carbocycles. The topological polar surface area (TPSA) is 64.9 Å². The van der Waals surface area contributed by atoms with Crippen molar-refractivity contribution < 1.29 is 4.52 Å². The van der Waals surface area contributed by atoms with Crippen LogP contribution in [0.3, 0.4) is 0 Å². The minimum absolute atomic E-state index is 0.311. The van der Waals surface area contributed by atoms with Gasteiger partial charge in [0.15, 0.2) is 5.82 Å². The van der Waals surface area contributed by atoms with E-state index in [0.29, 0.717) is 5.89 Å². The van der Waals surface area contributed by atoms with E-state index in [-0.39, 0.29) is 5.41 Å². The highest BCUT2D eigenvalue weighted by atomic mass is 32.2. The third kappa shape index (κ3) is 3.33. The second-order valence-corrected chi connectivity index (χ2v) is 6.42. The molecule has 0 aliphatic rings. The lowest BCUT2D eigenvalue weighted by molar-refractivity contribution is 0.330. The monoisotopic (exact) mass is 291 g/mol. The molecule has 0 unspecified atom stereocenters. The molecule has 0 fully saturated rings. The number of hydrogen-bond acceptors (Lipinski definition) is 5. The summed E-state index contributed by atoms with van der Waals surface area (Å²) >= 11 is 1.83. The Kier molecular flexibility index (Phi) is 4.70. The molecule has 2 N–H and O–H groups in total. The Hall–Kier alpha value is -1.49. The minimum Gasteiger partial charge on any atom is -0.399 e. The van der Waals surface area contributed by atoms with Crippen LogP contribution in [0.4, 0.5) is 5.69 Å². The van der Waals surface area contributed by atoms with Crippen LogP contribution in [0, 0.1) is 0 Å². The molecule has 0 atom stereocenters. The Morgan fingerprint density at radius 1 is 1.25 bits per heavy atom. The van der Waals surface area contributed by atoms with E-state index in [2.05, 4.69) is 30.9 Å². The Morgan fingerprint density at radius 2 is 1.95 bits per heavy atom. The van der Waals surface area contributed by atoms with Crippen molar-refractivity contribution in [1.29, 1.82) is 0 Å². The maximum atomic E-state index is 5.73. The van der Waals surface area contributed by atoms with E-state index in [1.54, 1.807) is 0 Å². The van der Waals surface area contributed by atoms with Gasteiger partial charge >= 0.3 is 0 Å². The van der Waals surface area contributed by atoms with Crippen molar-refractivity contribution in [3.05, 3.63) is 41.5 Å². The molecule has 20 heavy (non-hydrogen) atoms. The third-order valence-corrected chi connectivity index (χ3v) is 4.37. The summed E-state index contributed by atoms with van der Waals surface area (Å²) in [6.07, 6.45) is 1.16. The first-order valence-corrected chi connectivity index (χ1v) is 7.96. The fourth-order valence-corrected chi connectivity index (χ4v) is 2.63. The van der Waals surface area contributed by atoms with Gasteiger partial charge < -0.3 is 10.3 Å². The van der Waals surface area contributed by atoms with Crippen molar-refractivity contribution >= 4 is 17.4 Å². The van der Waals surface area contributed by atoms with Gasteiger partial charge in [0.25, 0.3) is 0 Å². The highest BCUT2D eigenvalue weighted by Gasteiger charge is 2.29. The van der Waals surface area contributed by atoms with Gasteiger partial charge in [0.2, 0.25) is 5.89 Å². The van der Waals surface area contributed by atoms with E-state index >= 15 is 0 Å². The summed E-state index contributed by atoms with van der Waals surface area (Å²) < 4.78 is 5.44. The van der Waals surface area contributed by atoms with Crippen molar-refractivity contribution in [3.63, 3.8) is 0 Å². The standard InChI is InChI=1S/C15H21N3OS/c1-4-9-20-10-13-17-14(19-18-13)15(2,3)11-5-7-12(16)8-6-11/h5-8H,4,9-10,16H2,1-3H3. The van der Waals surface area contributed by atoms with E-state index in [1.807, 2.05) is 36.0 Å². The van der Waals surface area contributed by atoms with E-state index in [0.717, 1.165) is 35.0 Å². The second-order valence-electron chi connectivity index (χ2n) is 5.32. The van der Waals surface area contributed by atoms with Crippen LogP contribution in [0.25, 0.3) is 0 Å². The van der Waals surface area contributed by atoms with E-state index in [1.165, 1.54) is 0 Å². The first-order chi connectivity index (χ1) is 9.54. The number of hydrogen-bond donors (Lipinski definition) is 1. The number of nitrogens with zero attached hydrogens (tertiary/aromatic N) is 2. The van der Waals surface area contributed by atoms with Crippen molar-refractivity contribution in [2.75, 3.05) is 11.5 Å². The maximum absolute atomic E-state index is 5.73. The van der Waals surface area contributed by atoms with Crippen molar-refractivity contribution in [3.8, 4) is 0 Å². The molecule has 0 spiro atoms. The molecule has 108 valence electrons. The van der Waals surface area contributed by atoms with Gasteiger partial charge in [-0.15, -0.1) is 0 Å². The number of rotatable bonds is 6. The molecule has 2 rings (SSSR count). The Bertz CT molecular complexity index is 549. The number of anilines is 1. The van der Waals surface area contributed by atoms with Crippen LogP contribution in [0.5, 0.6) is 0 Å². The molecule has 0 aliphatic heterocycles. The molecular weight excluding hydrogens is 270 g/mol. The molecule has 0 saturated heterocycles. The van der Waals surface area contributed by atoms with Crippen molar-refractivity contribution in [1.82, 2.24) is 10.1 Å². The van der Waals surface area contributed by atoms with Crippen LogP contribution >= 0.6 is 11.8 Å². The van der Waals surface area contributed by atoms with Gasteiger partial charge in [0, 0.05) is 5.69 Å². The van der Waals surface area contributed by atoms with Crippen LogP contribution in [-0.2, 0) is 11.2 Å². The highest BCUT2D eigenvalue weighted by Crippen LogP contribution is 2.30. The van der Waals surface area contributed by atoms with Crippen LogP contribution in [-0.4, -0.2) is 15.9 Å². The van der Waals surface area contributed by atoms with Crippen LogP contribution in [0.2, 0.25) is 0 Å². The summed E-state index contributed by atoms with van der Waals surface area (Å²) in [5.41, 5.74) is 7.29. The summed E-state index contributed by atoms with van der Waals surface area (Å²) in [7, 11) is 0. The molecule has 1 aromatic carbocycles. The summed E-state index contributed by atoms with van der Waals surface area (Å²) in [5, 5.41) is 4.07. The number of benzene rings is 1. The quantitative estimate of drug-likeness (QED) is 0.650. The van der Waals surface area contributed by atoms with Crippen LogP contribution in [0.1, 0.15) is 44.5 Å². The van der Waals surface area contributed by atoms with Gasteiger partial charge in [-0.05, 0) is 43.7 Å². The van der Waals surface area contributed by atoms with Gasteiger partial charge in [0.05, 0.1) is 11.2 Å². The highest BCUT2D eigenvalue weighted by molar-refractivity contribution is 7.98. The zero-order chi connectivity index (χ0) is 14.6. The molecule has 0 radical (unpaired) electrons. The van der Waals surface area contributed by atoms with Crippen molar-refractivity contribution in [2.45, 2.75) is 38.4 Å². The summed E-state index contributed by atoms with van der Waals surface area (Å²) in [6.45, 7) is 6.32. The lowest BCUT2D eigenvalue weighted by atomic mass is 9.84. The number of aromatic nitrogens is 2. The Balaban J connectivity index is 2.15. The number of nitrogen functional groups attached to an aromatic ring is 1. The van der Waals surface area contributed by atoms with Crippen LogP contribution in [0.15, 0.2) is 28.8 Å². The van der Waals surface area contributed by atoms with Gasteiger partial charge in [-0.1, -0.05) is 24.2 Å². The molecule has 1 heterocycles. The third-order valence-electron chi connectivity index (χ3n) is 3.21. The van der Waals surface area contributed by atoms with Gasteiger partial charge in [0.1, 0.15) is 0 Å². The Morgan fingerprint density at radius 3 is 2.60 bits per heavy atom. The molecule has 0 amide bonds. The van der Waals surface area contributed by atoms with Crippen LogP contribution < -0.4 is 5.73 Å². The smallest absolute Gasteiger partial charge is 0.236 e. The number of nitrogens with two attached hydrogens (primary N) is 1. The fraction of sp³-hybridized carbons (Fsp3) is 0.467. The Labute approximate surface area is 124 Å². The predicted molar refractivity (Wildman–Crippen MR) is 83.7 cm³/mol. The summed E-state index contributed by atoms with van der Waals surface area (Å²) in [4.78, 5) is 4.52. The molecule has 1 aromatic heterocycles. The minimum atomic E-state index is -0.311. The molecule has 0 bridgehead atoms. The zero-order valence-electron chi connectivity index (χ0n) is 12.2. The average molecular weight is 291 g/mol. The maximum Gasteiger partial charge on any atom is 0.236 e. The summed E-state index contributed by atoms with van der Waals surface area (Å²) in [5.74, 6) is 3.33. The second kappa shape index (κ2) is 6.31. The normalized spacial score (nSPS) is 11.8. The first kappa shape index (κ1) is 14.9. The SMILES string of the molecule is CCCSCc1noc(C(C)(C)c2ccc(N)cc2)n1. The zero-order valence-corrected chi connectivity index (χ0v) is 13.0. The fourth-order valence-electron chi connectivity index (χ4n) is 1.90. The van der Waals surface area contributed by atoms with Gasteiger partial charge in [-0.2, -0.15) is 16.7 Å². The van der Waals surface area contributed by atoms with E-state index in [9.17, 15) is 0 Å². The molecule has 5 heteroatoms. The van der Waals surface area contributed by atoms with E-state index in [4.69, 9.17) is 10.3 Å². The van der Waals surface area contributed by atoms with Gasteiger partial charge in [-0.25, -0.2) is 0 Å². The molecule has 2 aromatic rings. The first-order valence-electron chi connectivity index (χ1n) is 6.81. The molecular formula is C15H21N3OS. The lowest BCUT2D eigenvalue weighted by Crippen LogP contribution is -2.19. The largest absolute Gasteiger partial charge is 0.399 e. The van der Waals surface area contributed by atoms with E-state index < -0.39 is 0 Å². The van der Waals surface area contributed by atoms with Crippen molar-refractivity contribution in [2.24, 2.45) is 0 Å². The molecule has 0 saturated carbocycles. The lowest BCUT2D eigenvalue weighted by Gasteiger charge is -2.20. The predicted octanol–water partition coefficient (Wildman–Crippen LogP) is 3.62. The number of thioether (sulfide) groups is 1. The average Bonchev–Trinajstić information content (AvgIpc) is 2.89. The van der Waals surface area contributed by atoms with Gasteiger partial charge in [-0.3, -0.25) is 0 Å². The summed E-state index contributed by atoms with van der Waals surface area (Å²) in [6, 6.07) is 7.80. The molecule has 4 nitrogen and oxygen atoms in total.